The molecule has 1 saturated carbocycles. The Morgan fingerprint density at radius 1 is 1.22 bits per heavy atom. The topological polar surface area (TPSA) is 57.8 Å². The van der Waals surface area contributed by atoms with Gasteiger partial charge in [0, 0.05) is 24.6 Å². The Bertz CT molecular complexity index is 482. The highest BCUT2D eigenvalue weighted by Gasteiger charge is 2.21. The maximum atomic E-state index is 12.1. The standard InChI is InChI=1S/C18H29N3O.ClH/c22-18(9-5-4-8-14-6-2-1-3-7-14)21-15-10-11-16-17(12-15)20-13-19-16;/h13-15H,1-12H2,(H,19,20)(H,21,22);1H. The number of aryl methyl sites for hydroxylation is 1. The Kier molecular flexibility index (Phi) is 7.41. The molecule has 1 aromatic rings. The van der Waals surface area contributed by atoms with Crippen LogP contribution in [0.15, 0.2) is 6.33 Å². The summed E-state index contributed by atoms with van der Waals surface area (Å²) in [6.45, 7) is 0. The van der Waals surface area contributed by atoms with Gasteiger partial charge in [-0.05, 0) is 25.2 Å². The van der Waals surface area contributed by atoms with Crippen LogP contribution in [0.1, 0.15) is 75.6 Å². The van der Waals surface area contributed by atoms with Crippen molar-refractivity contribution in [2.24, 2.45) is 5.92 Å². The summed E-state index contributed by atoms with van der Waals surface area (Å²) < 4.78 is 0. The van der Waals surface area contributed by atoms with Gasteiger partial charge in [-0.1, -0.05) is 44.9 Å². The third-order valence-corrected chi connectivity index (χ3v) is 5.34. The van der Waals surface area contributed by atoms with Gasteiger partial charge in [0.05, 0.1) is 12.0 Å². The number of nitrogens with zero attached hydrogens (tertiary/aromatic N) is 1. The van der Waals surface area contributed by atoms with Gasteiger partial charge in [-0.3, -0.25) is 4.79 Å². The van der Waals surface area contributed by atoms with Crippen LogP contribution in [0.25, 0.3) is 0 Å². The number of carbonyl (C=O) groups is 1. The predicted molar refractivity (Wildman–Crippen MR) is 94.8 cm³/mol. The second-order valence-electron chi connectivity index (χ2n) is 7.08. The van der Waals surface area contributed by atoms with Gasteiger partial charge in [-0.15, -0.1) is 12.4 Å². The Morgan fingerprint density at radius 2 is 2.04 bits per heavy atom. The molecule has 1 heterocycles. The summed E-state index contributed by atoms with van der Waals surface area (Å²) in [6.07, 6.45) is 16.1. The van der Waals surface area contributed by atoms with E-state index in [-0.39, 0.29) is 18.3 Å². The third-order valence-electron chi connectivity index (χ3n) is 5.34. The molecule has 0 bridgehead atoms. The maximum absolute atomic E-state index is 12.1. The molecule has 0 spiro atoms. The first-order valence-electron chi connectivity index (χ1n) is 9.12. The van der Waals surface area contributed by atoms with Gasteiger partial charge in [-0.2, -0.15) is 0 Å². The number of unbranched alkanes of at least 4 members (excludes halogenated alkanes) is 1. The Labute approximate surface area is 145 Å². The van der Waals surface area contributed by atoms with Gasteiger partial charge in [0.2, 0.25) is 5.91 Å². The first-order valence-corrected chi connectivity index (χ1v) is 9.12. The molecule has 1 fully saturated rings. The van der Waals surface area contributed by atoms with Crippen LogP contribution in [0.3, 0.4) is 0 Å². The van der Waals surface area contributed by atoms with Gasteiger partial charge in [-0.25, -0.2) is 4.98 Å². The molecule has 2 N–H and O–H groups in total. The van der Waals surface area contributed by atoms with Crippen molar-refractivity contribution in [2.75, 3.05) is 0 Å². The van der Waals surface area contributed by atoms with Crippen LogP contribution in [0, 0.1) is 5.92 Å². The molecule has 4 nitrogen and oxygen atoms in total. The van der Waals surface area contributed by atoms with E-state index in [0.29, 0.717) is 12.5 Å². The zero-order valence-electron chi connectivity index (χ0n) is 14.0. The van der Waals surface area contributed by atoms with E-state index < -0.39 is 0 Å². The Morgan fingerprint density at radius 3 is 2.87 bits per heavy atom. The fraction of sp³-hybridized carbons (Fsp3) is 0.778. The first kappa shape index (κ1) is 18.3. The molecule has 0 saturated heterocycles. The number of rotatable bonds is 6. The normalized spacial score (nSPS) is 21.3. The monoisotopic (exact) mass is 339 g/mol. The summed E-state index contributed by atoms with van der Waals surface area (Å²) in [4.78, 5) is 19.6. The van der Waals surface area contributed by atoms with Gasteiger partial charge >= 0.3 is 0 Å². The number of imidazole rings is 1. The minimum atomic E-state index is 0. The van der Waals surface area contributed by atoms with Crippen molar-refractivity contribution in [3.05, 3.63) is 17.7 Å². The van der Waals surface area contributed by atoms with Crippen LogP contribution in [0.4, 0.5) is 0 Å². The average molecular weight is 340 g/mol. The van der Waals surface area contributed by atoms with Crippen molar-refractivity contribution in [1.29, 1.82) is 0 Å². The number of aromatic nitrogens is 2. The quantitative estimate of drug-likeness (QED) is 0.771. The fourth-order valence-corrected chi connectivity index (χ4v) is 4.02. The van der Waals surface area contributed by atoms with E-state index in [1.807, 2.05) is 0 Å². The molecule has 1 aromatic heterocycles. The van der Waals surface area contributed by atoms with E-state index in [1.54, 1.807) is 6.33 Å². The minimum Gasteiger partial charge on any atom is -0.353 e. The molecule has 1 atom stereocenters. The second kappa shape index (κ2) is 9.31. The molecule has 130 valence electrons. The molecular formula is C18H30ClN3O. The van der Waals surface area contributed by atoms with Gasteiger partial charge < -0.3 is 10.3 Å². The van der Waals surface area contributed by atoms with Crippen LogP contribution < -0.4 is 5.32 Å². The van der Waals surface area contributed by atoms with Crippen LogP contribution in [0.2, 0.25) is 0 Å². The van der Waals surface area contributed by atoms with Crippen molar-refractivity contribution in [1.82, 2.24) is 15.3 Å². The zero-order chi connectivity index (χ0) is 15.2. The van der Waals surface area contributed by atoms with E-state index in [2.05, 4.69) is 15.3 Å². The highest BCUT2D eigenvalue weighted by Crippen LogP contribution is 2.27. The molecule has 1 amide bonds. The average Bonchev–Trinajstić information content (AvgIpc) is 3.00. The van der Waals surface area contributed by atoms with E-state index in [0.717, 1.165) is 31.6 Å². The summed E-state index contributed by atoms with van der Waals surface area (Å²) in [7, 11) is 0. The first-order chi connectivity index (χ1) is 10.8. The van der Waals surface area contributed by atoms with Crippen molar-refractivity contribution in [3.63, 3.8) is 0 Å². The van der Waals surface area contributed by atoms with E-state index in [1.165, 1.54) is 56.3 Å². The second-order valence-corrected chi connectivity index (χ2v) is 7.08. The Balaban J connectivity index is 0.00000192. The summed E-state index contributed by atoms with van der Waals surface area (Å²) in [6, 6.07) is 0.291. The van der Waals surface area contributed by atoms with Crippen LogP contribution in [0.5, 0.6) is 0 Å². The van der Waals surface area contributed by atoms with E-state index in [9.17, 15) is 4.79 Å². The highest BCUT2D eigenvalue weighted by atomic mass is 35.5. The number of carbonyl (C=O) groups excluding carboxylic acids is 1. The van der Waals surface area contributed by atoms with Crippen LogP contribution in [-0.4, -0.2) is 21.9 Å². The van der Waals surface area contributed by atoms with Gasteiger partial charge in [0.1, 0.15) is 0 Å². The fourth-order valence-electron chi connectivity index (χ4n) is 4.02. The predicted octanol–water partition coefficient (Wildman–Crippen LogP) is 3.95. The number of nitrogens with one attached hydrogen (secondary N) is 2. The van der Waals surface area contributed by atoms with Gasteiger partial charge in [0.25, 0.3) is 0 Å². The van der Waals surface area contributed by atoms with Crippen LogP contribution in [-0.2, 0) is 17.6 Å². The molecule has 1 unspecified atom stereocenters. The molecule has 0 radical (unpaired) electrons. The minimum absolute atomic E-state index is 0. The molecule has 2 aliphatic rings. The smallest absolute Gasteiger partial charge is 0.220 e. The highest BCUT2D eigenvalue weighted by molar-refractivity contribution is 5.85. The molecule has 23 heavy (non-hydrogen) atoms. The lowest BCUT2D eigenvalue weighted by molar-refractivity contribution is -0.122. The van der Waals surface area contributed by atoms with Crippen LogP contribution >= 0.6 is 12.4 Å². The molecule has 0 aliphatic heterocycles. The number of fused-ring (bicyclic) bond motifs is 1. The maximum Gasteiger partial charge on any atom is 0.220 e. The molecule has 5 heteroatoms. The SMILES string of the molecule is Cl.O=C(CCCCC1CCCCC1)NC1CCc2nc[nH]c2C1. The summed E-state index contributed by atoms with van der Waals surface area (Å²) in [5.74, 6) is 1.17. The number of hydrogen-bond acceptors (Lipinski definition) is 2. The molecular weight excluding hydrogens is 310 g/mol. The van der Waals surface area contributed by atoms with Crippen molar-refractivity contribution < 1.29 is 4.79 Å². The number of H-pyrrole nitrogens is 1. The lowest BCUT2D eigenvalue weighted by atomic mass is 9.85. The van der Waals surface area contributed by atoms with E-state index in [4.69, 9.17) is 0 Å². The summed E-state index contributed by atoms with van der Waals surface area (Å²) in [5.41, 5.74) is 2.38. The third kappa shape index (κ3) is 5.52. The zero-order valence-corrected chi connectivity index (χ0v) is 14.8. The number of aromatic amines is 1. The van der Waals surface area contributed by atoms with Crippen molar-refractivity contribution >= 4 is 18.3 Å². The molecule has 3 rings (SSSR count). The summed E-state index contributed by atoms with van der Waals surface area (Å²) in [5, 5.41) is 3.20. The number of amides is 1. The largest absolute Gasteiger partial charge is 0.353 e. The van der Waals surface area contributed by atoms with Crippen molar-refractivity contribution in [2.45, 2.75) is 83.1 Å². The lowest BCUT2D eigenvalue weighted by Crippen LogP contribution is -2.38. The van der Waals surface area contributed by atoms with Gasteiger partial charge in [0.15, 0.2) is 0 Å². The van der Waals surface area contributed by atoms with Crippen molar-refractivity contribution in [3.8, 4) is 0 Å². The lowest BCUT2D eigenvalue weighted by Gasteiger charge is -2.23. The molecule has 0 aromatic carbocycles. The number of hydrogen-bond donors (Lipinski definition) is 2. The Hall–Kier alpha value is -1.03. The molecule has 2 aliphatic carbocycles. The summed E-state index contributed by atoms with van der Waals surface area (Å²) >= 11 is 0. The number of halogens is 1. The van der Waals surface area contributed by atoms with E-state index >= 15 is 0 Å².